The fourth-order valence-electron chi connectivity index (χ4n) is 2.71. The first kappa shape index (κ1) is 25.7. The van der Waals surface area contributed by atoms with E-state index in [1.807, 2.05) is 23.9 Å². The van der Waals surface area contributed by atoms with E-state index in [2.05, 4.69) is 24.5 Å². The molecule has 1 aromatic carbocycles. The third-order valence-electron chi connectivity index (χ3n) is 4.47. The lowest BCUT2D eigenvalue weighted by atomic mass is 10.2. The average molecular weight is 423 g/mol. The Morgan fingerprint density at radius 2 is 1.23 bits per heavy atom. The number of nitrogens with zero attached hydrogens (tertiary/aromatic N) is 2. The van der Waals surface area contributed by atoms with Crippen LogP contribution < -0.4 is 10.6 Å². The van der Waals surface area contributed by atoms with Crippen molar-refractivity contribution in [1.82, 2.24) is 9.80 Å². The third kappa shape index (κ3) is 12.3. The number of rotatable bonds is 14. The van der Waals surface area contributed by atoms with Crippen molar-refractivity contribution in [3.8, 4) is 0 Å². The number of carbonyl (C=O) groups excluding carboxylic acids is 2. The first-order valence-electron chi connectivity index (χ1n) is 10.8. The van der Waals surface area contributed by atoms with E-state index in [1.54, 1.807) is 24.3 Å². The second-order valence-electron chi connectivity index (χ2n) is 7.53. The van der Waals surface area contributed by atoms with Crippen molar-refractivity contribution in [2.75, 3.05) is 51.3 Å². The SMILES string of the molecule is CCCCCN(C)COC(=O)Nc1cccc(NC(=O)OCN(C)CCCCC)c1. The summed E-state index contributed by atoms with van der Waals surface area (Å²) in [7, 11) is 3.83. The van der Waals surface area contributed by atoms with E-state index in [0.717, 1.165) is 51.6 Å². The topological polar surface area (TPSA) is 83.1 Å². The molecular weight excluding hydrogens is 384 g/mol. The molecule has 0 aromatic heterocycles. The van der Waals surface area contributed by atoms with Crippen molar-refractivity contribution in [3.63, 3.8) is 0 Å². The van der Waals surface area contributed by atoms with Gasteiger partial charge in [-0.25, -0.2) is 9.59 Å². The van der Waals surface area contributed by atoms with Crippen LogP contribution in [-0.2, 0) is 9.47 Å². The predicted octanol–water partition coefficient (Wildman–Crippen LogP) is 4.94. The smallest absolute Gasteiger partial charge is 0.412 e. The average Bonchev–Trinajstić information content (AvgIpc) is 2.71. The van der Waals surface area contributed by atoms with Gasteiger partial charge in [0.1, 0.15) is 13.5 Å². The summed E-state index contributed by atoms with van der Waals surface area (Å²) in [6, 6.07) is 6.84. The maximum absolute atomic E-state index is 12.0. The Labute approximate surface area is 180 Å². The molecule has 0 unspecified atom stereocenters. The van der Waals surface area contributed by atoms with Crippen LogP contribution in [0.5, 0.6) is 0 Å². The van der Waals surface area contributed by atoms with Gasteiger partial charge in [-0.05, 0) is 45.1 Å². The first-order chi connectivity index (χ1) is 14.4. The molecule has 170 valence electrons. The van der Waals surface area contributed by atoms with Crippen LogP contribution in [0.4, 0.5) is 21.0 Å². The van der Waals surface area contributed by atoms with Gasteiger partial charge in [0.2, 0.25) is 0 Å². The minimum Gasteiger partial charge on any atom is -0.433 e. The molecule has 8 heteroatoms. The van der Waals surface area contributed by atoms with Gasteiger partial charge < -0.3 is 9.47 Å². The number of hydrogen-bond acceptors (Lipinski definition) is 6. The Balaban J connectivity index is 2.35. The molecule has 2 amide bonds. The maximum atomic E-state index is 12.0. The van der Waals surface area contributed by atoms with Crippen molar-refractivity contribution in [2.24, 2.45) is 0 Å². The van der Waals surface area contributed by atoms with Crippen LogP contribution in [0, 0.1) is 0 Å². The Bertz CT molecular complexity index is 578. The highest BCUT2D eigenvalue weighted by Gasteiger charge is 2.09. The molecule has 0 radical (unpaired) electrons. The van der Waals surface area contributed by atoms with E-state index < -0.39 is 12.2 Å². The van der Waals surface area contributed by atoms with Crippen LogP contribution in [0.25, 0.3) is 0 Å². The lowest BCUT2D eigenvalue weighted by Crippen LogP contribution is -2.27. The summed E-state index contributed by atoms with van der Waals surface area (Å²) in [5.41, 5.74) is 1.06. The number of ether oxygens (including phenoxy) is 2. The van der Waals surface area contributed by atoms with Crippen molar-refractivity contribution in [1.29, 1.82) is 0 Å². The molecule has 0 saturated carbocycles. The van der Waals surface area contributed by atoms with E-state index in [9.17, 15) is 9.59 Å². The third-order valence-corrected chi connectivity index (χ3v) is 4.47. The van der Waals surface area contributed by atoms with Crippen molar-refractivity contribution in [3.05, 3.63) is 24.3 Å². The number of amides is 2. The van der Waals surface area contributed by atoms with Crippen LogP contribution in [-0.4, -0.2) is 62.6 Å². The largest absolute Gasteiger partial charge is 0.433 e. The predicted molar refractivity (Wildman–Crippen MR) is 121 cm³/mol. The minimum absolute atomic E-state index is 0.228. The lowest BCUT2D eigenvalue weighted by Gasteiger charge is -2.17. The van der Waals surface area contributed by atoms with E-state index in [4.69, 9.17) is 9.47 Å². The number of hydrogen-bond donors (Lipinski definition) is 2. The summed E-state index contributed by atoms with van der Waals surface area (Å²) >= 11 is 0. The van der Waals surface area contributed by atoms with Gasteiger partial charge in [-0.3, -0.25) is 20.4 Å². The van der Waals surface area contributed by atoms with Crippen molar-refractivity contribution < 1.29 is 19.1 Å². The van der Waals surface area contributed by atoms with Gasteiger partial charge >= 0.3 is 12.2 Å². The van der Waals surface area contributed by atoms with Gasteiger partial charge in [0.25, 0.3) is 0 Å². The molecule has 1 rings (SSSR count). The molecule has 0 saturated heterocycles. The van der Waals surface area contributed by atoms with E-state index in [-0.39, 0.29) is 13.5 Å². The van der Waals surface area contributed by atoms with E-state index in [0.29, 0.717) is 11.4 Å². The summed E-state index contributed by atoms with van der Waals surface area (Å²) in [6.45, 7) is 6.53. The Kier molecular flexibility index (Phi) is 13.3. The summed E-state index contributed by atoms with van der Waals surface area (Å²) in [6.07, 6.45) is 5.72. The number of nitrogens with one attached hydrogen (secondary N) is 2. The highest BCUT2D eigenvalue weighted by atomic mass is 16.6. The highest BCUT2D eigenvalue weighted by Crippen LogP contribution is 2.15. The van der Waals surface area contributed by atoms with Gasteiger partial charge in [0, 0.05) is 24.5 Å². The standard InChI is InChI=1S/C22H38N4O4/c1-5-7-9-14-25(3)17-29-21(27)23-19-12-11-13-20(16-19)24-22(28)30-18-26(4)15-10-8-6-2/h11-13,16H,5-10,14-15,17-18H2,1-4H3,(H,23,27)(H,24,28). The van der Waals surface area contributed by atoms with E-state index in [1.165, 1.54) is 0 Å². The summed E-state index contributed by atoms with van der Waals surface area (Å²) in [5.74, 6) is 0. The Morgan fingerprint density at radius 3 is 1.63 bits per heavy atom. The molecule has 0 bridgehead atoms. The number of benzene rings is 1. The Morgan fingerprint density at radius 1 is 0.800 bits per heavy atom. The summed E-state index contributed by atoms with van der Waals surface area (Å²) in [4.78, 5) is 27.9. The van der Waals surface area contributed by atoms with Crippen molar-refractivity contribution in [2.45, 2.75) is 52.4 Å². The fourth-order valence-corrected chi connectivity index (χ4v) is 2.71. The molecule has 30 heavy (non-hydrogen) atoms. The number of unbranched alkanes of at least 4 members (excludes halogenated alkanes) is 4. The van der Waals surface area contributed by atoms with Crippen LogP contribution in [0.3, 0.4) is 0 Å². The fraction of sp³-hybridized carbons (Fsp3) is 0.636. The molecule has 8 nitrogen and oxygen atoms in total. The van der Waals surface area contributed by atoms with E-state index >= 15 is 0 Å². The normalized spacial score (nSPS) is 10.9. The number of carbonyl (C=O) groups is 2. The quantitative estimate of drug-likeness (QED) is 0.326. The molecule has 2 N–H and O–H groups in total. The molecule has 0 atom stereocenters. The zero-order valence-corrected chi connectivity index (χ0v) is 18.9. The number of anilines is 2. The Hall–Kier alpha value is -2.32. The monoisotopic (exact) mass is 422 g/mol. The van der Waals surface area contributed by atoms with Crippen LogP contribution >= 0.6 is 0 Å². The second kappa shape index (κ2) is 15.5. The maximum Gasteiger partial charge on any atom is 0.412 e. The summed E-state index contributed by atoms with van der Waals surface area (Å²) in [5, 5.41) is 5.34. The van der Waals surface area contributed by atoms with Crippen LogP contribution in [0.2, 0.25) is 0 Å². The summed E-state index contributed by atoms with van der Waals surface area (Å²) < 4.78 is 10.4. The molecule has 1 aromatic rings. The van der Waals surface area contributed by atoms with Gasteiger partial charge in [0.15, 0.2) is 0 Å². The van der Waals surface area contributed by atoms with Gasteiger partial charge in [-0.15, -0.1) is 0 Å². The lowest BCUT2D eigenvalue weighted by molar-refractivity contribution is 0.0920. The van der Waals surface area contributed by atoms with Gasteiger partial charge in [0.05, 0.1) is 0 Å². The molecule has 0 aliphatic rings. The second-order valence-corrected chi connectivity index (χ2v) is 7.53. The molecule has 0 spiro atoms. The minimum atomic E-state index is -0.536. The zero-order valence-electron chi connectivity index (χ0n) is 18.9. The molecule has 0 fully saturated rings. The molecule has 0 aliphatic carbocycles. The highest BCUT2D eigenvalue weighted by molar-refractivity contribution is 5.88. The van der Waals surface area contributed by atoms with Gasteiger partial charge in [-0.2, -0.15) is 0 Å². The molecule has 0 aliphatic heterocycles. The molecular formula is C22H38N4O4. The molecule has 0 heterocycles. The first-order valence-corrected chi connectivity index (χ1v) is 10.8. The van der Waals surface area contributed by atoms with Gasteiger partial charge in [-0.1, -0.05) is 45.6 Å². The van der Waals surface area contributed by atoms with Crippen molar-refractivity contribution >= 4 is 23.6 Å². The van der Waals surface area contributed by atoms with Crippen LogP contribution in [0.15, 0.2) is 24.3 Å². The van der Waals surface area contributed by atoms with Crippen LogP contribution in [0.1, 0.15) is 52.4 Å². The zero-order chi connectivity index (χ0) is 22.2.